The normalized spacial score (nSPS) is 40.1. The molecule has 2 nitrogen and oxygen atoms in total. The molecule has 0 radical (unpaired) electrons. The van der Waals surface area contributed by atoms with Crippen LogP contribution >= 0.6 is 0 Å². The molecule has 0 unspecified atom stereocenters. The quantitative estimate of drug-likeness (QED) is 0.522. The van der Waals surface area contributed by atoms with Crippen LogP contribution in [-0.2, 0) is 4.74 Å². The van der Waals surface area contributed by atoms with Crippen molar-refractivity contribution in [3.8, 4) is 0 Å². The van der Waals surface area contributed by atoms with Gasteiger partial charge in [-0.25, -0.2) is 0 Å². The minimum absolute atomic E-state index is 0.271. The molecule has 0 amide bonds. The monoisotopic (exact) mass is 155 g/mol. The van der Waals surface area contributed by atoms with Gasteiger partial charge in [-0.05, 0) is 39.3 Å². The van der Waals surface area contributed by atoms with Gasteiger partial charge in [-0.15, -0.1) is 0 Å². The first kappa shape index (κ1) is 7.56. The zero-order valence-electron chi connectivity index (χ0n) is 7.31. The van der Waals surface area contributed by atoms with Crippen LogP contribution < -0.4 is 0 Å². The zero-order chi connectivity index (χ0) is 7.73. The predicted octanol–water partition coefficient (Wildman–Crippen LogP) is 1.26. The minimum atomic E-state index is 0.271. The maximum absolute atomic E-state index is 5.81. The van der Waals surface area contributed by atoms with E-state index in [0.29, 0.717) is 0 Å². The van der Waals surface area contributed by atoms with E-state index >= 15 is 0 Å². The topological polar surface area (TPSA) is 12.5 Å². The van der Waals surface area contributed by atoms with Gasteiger partial charge in [0.25, 0.3) is 0 Å². The number of hydrogen-bond acceptors (Lipinski definition) is 2. The Balaban J connectivity index is 2.00. The molecule has 0 bridgehead atoms. The van der Waals surface area contributed by atoms with Crippen molar-refractivity contribution in [3.05, 3.63) is 0 Å². The zero-order valence-corrected chi connectivity index (χ0v) is 7.31. The van der Waals surface area contributed by atoms with Crippen molar-refractivity contribution in [2.45, 2.75) is 31.3 Å². The lowest BCUT2D eigenvalue weighted by Crippen LogP contribution is -2.45. The van der Waals surface area contributed by atoms with Crippen LogP contribution in [0.3, 0.4) is 0 Å². The predicted molar refractivity (Wildman–Crippen MR) is 44.6 cm³/mol. The van der Waals surface area contributed by atoms with E-state index in [4.69, 9.17) is 4.74 Å². The number of likely N-dealkylation sites (N-methyl/N-ethyl adjacent to an activating group) is 1. The van der Waals surface area contributed by atoms with E-state index in [0.717, 1.165) is 13.2 Å². The van der Waals surface area contributed by atoms with Crippen molar-refractivity contribution >= 4 is 0 Å². The molecule has 64 valence electrons. The molecule has 2 rings (SSSR count). The number of ether oxygens (including phenoxy) is 1. The van der Waals surface area contributed by atoms with Crippen LogP contribution in [0.4, 0.5) is 0 Å². The second-order valence-electron chi connectivity index (χ2n) is 3.98. The smallest absolute Gasteiger partial charge is 0.0810 e. The van der Waals surface area contributed by atoms with Gasteiger partial charge in [0.1, 0.15) is 0 Å². The molecule has 2 saturated heterocycles. The third-order valence-electron chi connectivity index (χ3n) is 2.92. The van der Waals surface area contributed by atoms with E-state index in [1.54, 1.807) is 0 Å². The van der Waals surface area contributed by atoms with Gasteiger partial charge in [-0.1, -0.05) is 0 Å². The number of rotatable bonds is 0. The van der Waals surface area contributed by atoms with Crippen molar-refractivity contribution in [2.75, 3.05) is 26.7 Å². The van der Waals surface area contributed by atoms with Crippen LogP contribution in [0.5, 0.6) is 0 Å². The highest BCUT2D eigenvalue weighted by atomic mass is 16.5. The maximum Gasteiger partial charge on any atom is 0.0810 e. The summed E-state index contributed by atoms with van der Waals surface area (Å²) in [7, 11) is 2.20. The Hall–Kier alpha value is -0.0800. The SMILES string of the molecule is CN1CCC[C@]2(CCCO2)C1. The fourth-order valence-electron chi connectivity index (χ4n) is 2.40. The van der Waals surface area contributed by atoms with Gasteiger partial charge in [0, 0.05) is 13.2 Å². The molecule has 2 fully saturated rings. The van der Waals surface area contributed by atoms with Crippen LogP contribution in [0.25, 0.3) is 0 Å². The summed E-state index contributed by atoms with van der Waals surface area (Å²) in [6, 6.07) is 0. The lowest BCUT2D eigenvalue weighted by Gasteiger charge is -2.37. The Morgan fingerprint density at radius 1 is 1.27 bits per heavy atom. The molecule has 0 aromatic rings. The highest BCUT2D eigenvalue weighted by molar-refractivity contribution is 4.90. The molecule has 0 aliphatic carbocycles. The van der Waals surface area contributed by atoms with Crippen LogP contribution in [-0.4, -0.2) is 37.2 Å². The van der Waals surface area contributed by atoms with E-state index in [2.05, 4.69) is 11.9 Å². The van der Waals surface area contributed by atoms with E-state index in [1.807, 2.05) is 0 Å². The van der Waals surface area contributed by atoms with Crippen molar-refractivity contribution < 1.29 is 4.74 Å². The van der Waals surface area contributed by atoms with Gasteiger partial charge in [-0.2, -0.15) is 0 Å². The molecule has 2 heterocycles. The molecule has 2 heteroatoms. The molecule has 0 aromatic carbocycles. The summed E-state index contributed by atoms with van der Waals surface area (Å²) in [4.78, 5) is 2.40. The van der Waals surface area contributed by atoms with Gasteiger partial charge in [0.15, 0.2) is 0 Å². The lowest BCUT2D eigenvalue weighted by molar-refractivity contribution is -0.0450. The first-order valence-corrected chi connectivity index (χ1v) is 4.63. The molecular weight excluding hydrogens is 138 g/mol. The van der Waals surface area contributed by atoms with Gasteiger partial charge in [0.2, 0.25) is 0 Å². The van der Waals surface area contributed by atoms with E-state index < -0.39 is 0 Å². The fraction of sp³-hybridized carbons (Fsp3) is 1.00. The average molecular weight is 155 g/mol. The van der Waals surface area contributed by atoms with E-state index in [-0.39, 0.29) is 5.60 Å². The summed E-state index contributed by atoms with van der Waals surface area (Å²) in [5.41, 5.74) is 0.271. The highest BCUT2D eigenvalue weighted by Crippen LogP contribution is 2.33. The molecule has 0 aromatic heterocycles. The second-order valence-corrected chi connectivity index (χ2v) is 3.98. The van der Waals surface area contributed by atoms with Gasteiger partial charge < -0.3 is 9.64 Å². The van der Waals surface area contributed by atoms with E-state index in [9.17, 15) is 0 Å². The molecule has 11 heavy (non-hydrogen) atoms. The first-order valence-electron chi connectivity index (χ1n) is 4.63. The highest BCUT2D eigenvalue weighted by Gasteiger charge is 2.37. The summed E-state index contributed by atoms with van der Waals surface area (Å²) < 4.78 is 5.81. The number of nitrogens with zero attached hydrogens (tertiary/aromatic N) is 1. The molecule has 1 spiro atoms. The van der Waals surface area contributed by atoms with Crippen molar-refractivity contribution in [2.24, 2.45) is 0 Å². The van der Waals surface area contributed by atoms with Crippen molar-refractivity contribution in [3.63, 3.8) is 0 Å². The Morgan fingerprint density at radius 3 is 2.73 bits per heavy atom. The molecule has 2 aliphatic heterocycles. The summed E-state index contributed by atoms with van der Waals surface area (Å²) in [5.74, 6) is 0. The van der Waals surface area contributed by atoms with Gasteiger partial charge in [-0.3, -0.25) is 0 Å². The second kappa shape index (κ2) is 2.76. The van der Waals surface area contributed by atoms with Crippen LogP contribution in [0, 0.1) is 0 Å². The molecule has 0 N–H and O–H groups in total. The molecule has 0 saturated carbocycles. The van der Waals surface area contributed by atoms with Crippen LogP contribution in [0.2, 0.25) is 0 Å². The third-order valence-corrected chi connectivity index (χ3v) is 2.92. The van der Waals surface area contributed by atoms with Crippen molar-refractivity contribution in [1.29, 1.82) is 0 Å². The summed E-state index contributed by atoms with van der Waals surface area (Å²) in [6.07, 6.45) is 5.17. The number of likely N-dealkylation sites (tertiary alicyclic amines) is 1. The standard InChI is InChI=1S/C9H17NO/c1-10-6-2-4-9(8-10)5-3-7-11-9/h2-8H2,1H3/t9-/m0/s1. The molecule has 1 atom stereocenters. The average Bonchev–Trinajstić information content (AvgIpc) is 2.37. The number of piperidine rings is 1. The Morgan fingerprint density at radius 2 is 2.09 bits per heavy atom. The van der Waals surface area contributed by atoms with Crippen LogP contribution in [0.1, 0.15) is 25.7 Å². The van der Waals surface area contributed by atoms with Crippen LogP contribution in [0.15, 0.2) is 0 Å². The molecule has 2 aliphatic rings. The summed E-state index contributed by atoms with van der Waals surface area (Å²) in [6.45, 7) is 3.41. The van der Waals surface area contributed by atoms with Gasteiger partial charge >= 0.3 is 0 Å². The minimum Gasteiger partial charge on any atom is -0.374 e. The number of hydrogen-bond donors (Lipinski definition) is 0. The van der Waals surface area contributed by atoms with Crippen molar-refractivity contribution in [1.82, 2.24) is 4.90 Å². The summed E-state index contributed by atoms with van der Waals surface area (Å²) >= 11 is 0. The Kier molecular flexibility index (Phi) is 1.90. The molecular formula is C9H17NO. The Labute approximate surface area is 68.5 Å². The maximum atomic E-state index is 5.81. The largest absolute Gasteiger partial charge is 0.374 e. The van der Waals surface area contributed by atoms with Gasteiger partial charge in [0.05, 0.1) is 5.60 Å². The summed E-state index contributed by atoms with van der Waals surface area (Å²) in [5, 5.41) is 0. The van der Waals surface area contributed by atoms with E-state index in [1.165, 1.54) is 32.2 Å². The fourth-order valence-corrected chi connectivity index (χ4v) is 2.40. The first-order chi connectivity index (χ1) is 5.31. The lowest BCUT2D eigenvalue weighted by atomic mass is 9.90. The third kappa shape index (κ3) is 1.42. The Bertz CT molecular complexity index is 140.